The highest BCUT2D eigenvalue weighted by Crippen LogP contribution is 2.28. The Morgan fingerprint density at radius 1 is 1.19 bits per heavy atom. The molecule has 148 valence electrons. The van der Waals surface area contributed by atoms with Crippen LogP contribution >= 0.6 is 0 Å². The third-order valence-corrected chi connectivity index (χ3v) is 3.95. The van der Waals surface area contributed by atoms with E-state index in [1.165, 1.54) is 38.4 Å². The molecule has 1 saturated heterocycles. The lowest BCUT2D eigenvalue weighted by Crippen LogP contribution is -2.50. The molecule has 1 fully saturated rings. The minimum atomic E-state index is -2.95. The number of amides is 2. The molecule has 0 spiro atoms. The van der Waals surface area contributed by atoms with Crippen LogP contribution in [-0.4, -0.2) is 74.3 Å². The highest BCUT2D eigenvalue weighted by Gasteiger charge is 2.22. The number of carbonyl (C=O) groups excluding carboxylic acids is 2. The summed E-state index contributed by atoms with van der Waals surface area (Å²) in [4.78, 5) is 31.6. The van der Waals surface area contributed by atoms with E-state index in [1.54, 1.807) is 9.80 Å². The number of hydrogen-bond acceptors (Lipinski definition) is 6. The van der Waals surface area contributed by atoms with E-state index in [0.29, 0.717) is 31.7 Å². The van der Waals surface area contributed by atoms with Crippen molar-refractivity contribution in [1.82, 2.24) is 9.80 Å². The van der Waals surface area contributed by atoms with Crippen LogP contribution in [0.5, 0.6) is 11.5 Å². The molecule has 27 heavy (non-hydrogen) atoms. The molecule has 0 saturated carbocycles. The molecule has 2 rings (SSSR count). The van der Waals surface area contributed by atoms with Crippen LogP contribution in [0, 0.1) is 0 Å². The van der Waals surface area contributed by atoms with Crippen LogP contribution < -0.4 is 9.47 Å². The molecule has 0 atom stereocenters. The number of alkyl halides is 2. The number of piperazine rings is 1. The SMILES string of the molecule is COc1cc(/C=N/OCC(=O)N2CCN(C(C)=O)CC2)ccc1OC(F)F. The zero-order chi connectivity index (χ0) is 19.8. The lowest BCUT2D eigenvalue weighted by molar-refractivity contribution is -0.141. The molecule has 1 heterocycles. The van der Waals surface area contributed by atoms with Gasteiger partial charge in [0, 0.05) is 38.7 Å². The van der Waals surface area contributed by atoms with E-state index in [2.05, 4.69) is 9.89 Å². The van der Waals surface area contributed by atoms with Gasteiger partial charge in [0.1, 0.15) is 0 Å². The molecule has 10 heteroatoms. The summed E-state index contributed by atoms with van der Waals surface area (Å²) in [5.41, 5.74) is 0.524. The maximum absolute atomic E-state index is 12.3. The second kappa shape index (κ2) is 9.70. The summed E-state index contributed by atoms with van der Waals surface area (Å²) >= 11 is 0. The fraction of sp³-hybridized carbons (Fsp3) is 0.471. The van der Waals surface area contributed by atoms with E-state index in [9.17, 15) is 18.4 Å². The third kappa shape index (κ3) is 6.08. The summed E-state index contributed by atoms with van der Waals surface area (Å²) in [5, 5.41) is 3.70. The Bertz CT molecular complexity index is 691. The number of hydrogen-bond donors (Lipinski definition) is 0. The van der Waals surface area contributed by atoms with Gasteiger partial charge >= 0.3 is 6.61 Å². The van der Waals surface area contributed by atoms with E-state index in [4.69, 9.17) is 9.57 Å². The molecule has 1 aliphatic rings. The Labute approximate surface area is 155 Å². The number of methoxy groups -OCH3 is 1. The predicted octanol–water partition coefficient (Wildman–Crippen LogP) is 1.34. The van der Waals surface area contributed by atoms with Gasteiger partial charge in [-0.15, -0.1) is 0 Å². The van der Waals surface area contributed by atoms with Crippen LogP contribution in [0.4, 0.5) is 8.78 Å². The summed E-state index contributed by atoms with van der Waals surface area (Å²) in [6.07, 6.45) is 1.33. The van der Waals surface area contributed by atoms with E-state index < -0.39 is 6.61 Å². The standard InChI is InChI=1S/C17H21F2N3O5/c1-12(23)21-5-7-22(8-6-21)16(24)11-26-20-10-13-3-4-14(27-17(18)19)15(9-13)25-2/h3-4,9-10,17H,5-8,11H2,1-2H3/b20-10+. The number of ether oxygens (including phenoxy) is 2. The van der Waals surface area contributed by atoms with Crippen molar-refractivity contribution in [3.05, 3.63) is 23.8 Å². The van der Waals surface area contributed by atoms with Crippen LogP contribution in [0.1, 0.15) is 12.5 Å². The molecule has 0 N–H and O–H groups in total. The Kier molecular flexibility index (Phi) is 7.33. The molecule has 0 radical (unpaired) electrons. The summed E-state index contributed by atoms with van der Waals surface area (Å²) in [6.45, 7) is 0.207. The minimum Gasteiger partial charge on any atom is -0.493 e. The fourth-order valence-electron chi connectivity index (χ4n) is 2.51. The van der Waals surface area contributed by atoms with E-state index in [-0.39, 0.29) is 29.9 Å². The molecular formula is C17H21F2N3O5. The average molecular weight is 385 g/mol. The van der Waals surface area contributed by atoms with Crippen molar-refractivity contribution in [3.8, 4) is 11.5 Å². The van der Waals surface area contributed by atoms with Crippen LogP contribution in [0.25, 0.3) is 0 Å². The quantitative estimate of drug-likeness (QED) is 0.523. The number of rotatable bonds is 7. The van der Waals surface area contributed by atoms with Gasteiger partial charge in [0.15, 0.2) is 18.1 Å². The second-order valence-electron chi connectivity index (χ2n) is 5.68. The van der Waals surface area contributed by atoms with Gasteiger partial charge in [0.2, 0.25) is 5.91 Å². The van der Waals surface area contributed by atoms with Crippen LogP contribution in [0.3, 0.4) is 0 Å². The molecule has 8 nitrogen and oxygen atoms in total. The Hall–Kier alpha value is -2.91. The lowest BCUT2D eigenvalue weighted by Gasteiger charge is -2.33. The van der Waals surface area contributed by atoms with Gasteiger partial charge < -0.3 is 24.1 Å². The summed E-state index contributed by atoms with van der Waals surface area (Å²) in [7, 11) is 1.33. The van der Waals surface area contributed by atoms with E-state index in [1.807, 2.05) is 0 Å². The van der Waals surface area contributed by atoms with E-state index in [0.717, 1.165) is 0 Å². The van der Waals surface area contributed by atoms with Gasteiger partial charge in [-0.25, -0.2) is 0 Å². The normalized spacial score (nSPS) is 14.6. The van der Waals surface area contributed by atoms with Crippen molar-refractivity contribution in [2.24, 2.45) is 5.16 Å². The third-order valence-electron chi connectivity index (χ3n) is 3.95. The monoisotopic (exact) mass is 385 g/mol. The predicted molar refractivity (Wildman–Crippen MR) is 92.0 cm³/mol. The topological polar surface area (TPSA) is 80.7 Å². The largest absolute Gasteiger partial charge is 0.493 e. The van der Waals surface area contributed by atoms with Gasteiger partial charge in [-0.3, -0.25) is 9.59 Å². The molecular weight excluding hydrogens is 364 g/mol. The summed E-state index contributed by atoms with van der Waals surface area (Å²) < 4.78 is 33.9. The van der Waals surface area contributed by atoms with Gasteiger partial charge in [-0.1, -0.05) is 5.16 Å². The molecule has 0 aromatic heterocycles. The van der Waals surface area contributed by atoms with Crippen molar-refractivity contribution in [1.29, 1.82) is 0 Å². The first kappa shape index (κ1) is 20.4. The molecule has 1 aromatic carbocycles. The van der Waals surface area contributed by atoms with Gasteiger partial charge in [-0.2, -0.15) is 8.78 Å². The number of halogens is 2. The zero-order valence-electron chi connectivity index (χ0n) is 15.1. The maximum atomic E-state index is 12.3. The second-order valence-corrected chi connectivity index (χ2v) is 5.68. The van der Waals surface area contributed by atoms with Crippen molar-refractivity contribution >= 4 is 18.0 Å². The number of oxime groups is 1. The Balaban J connectivity index is 1.82. The van der Waals surface area contributed by atoms with Gasteiger partial charge in [0.05, 0.1) is 13.3 Å². The van der Waals surface area contributed by atoms with Crippen LogP contribution in [-0.2, 0) is 14.4 Å². The van der Waals surface area contributed by atoms with Gasteiger partial charge in [0.25, 0.3) is 5.91 Å². The highest BCUT2D eigenvalue weighted by atomic mass is 19.3. The van der Waals surface area contributed by atoms with Crippen LogP contribution in [0.2, 0.25) is 0 Å². The smallest absolute Gasteiger partial charge is 0.387 e. The van der Waals surface area contributed by atoms with Crippen LogP contribution in [0.15, 0.2) is 23.4 Å². The first-order valence-corrected chi connectivity index (χ1v) is 8.22. The maximum Gasteiger partial charge on any atom is 0.387 e. The summed E-state index contributed by atoms with van der Waals surface area (Å²) in [5.74, 6) is -0.207. The number of benzene rings is 1. The Morgan fingerprint density at radius 2 is 1.85 bits per heavy atom. The minimum absolute atomic E-state index is 0.0108. The zero-order valence-corrected chi connectivity index (χ0v) is 15.1. The van der Waals surface area contributed by atoms with Gasteiger partial charge in [-0.05, 0) is 18.2 Å². The Morgan fingerprint density at radius 3 is 2.44 bits per heavy atom. The van der Waals surface area contributed by atoms with Crippen molar-refractivity contribution in [2.75, 3.05) is 39.9 Å². The first-order valence-electron chi connectivity index (χ1n) is 8.22. The molecule has 1 aromatic rings. The fourth-order valence-corrected chi connectivity index (χ4v) is 2.51. The highest BCUT2D eigenvalue weighted by molar-refractivity contribution is 5.81. The molecule has 0 bridgehead atoms. The average Bonchev–Trinajstić information content (AvgIpc) is 2.65. The van der Waals surface area contributed by atoms with E-state index >= 15 is 0 Å². The number of nitrogens with zero attached hydrogens (tertiary/aromatic N) is 3. The number of carbonyl (C=O) groups is 2. The summed E-state index contributed by atoms with van der Waals surface area (Å²) in [6, 6.07) is 4.27. The first-order chi connectivity index (χ1) is 12.9. The lowest BCUT2D eigenvalue weighted by atomic mass is 10.2. The molecule has 1 aliphatic heterocycles. The van der Waals surface area contributed by atoms with Crippen molar-refractivity contribution < 1.29 is 32.7 Å². The molecule has 2 amide bonds. The van der Waals surface area contributed by atoms with Crippen molar-refractivity contribution in [2.45, 2.75) is 13.5 Å². The van der Waals surface area contributed by atoms with Crippen molar-refractivity contribution in [3.63, 3.8) is 0 Å². The molecule has 0 aliphatic carbocycles. The molecule has 0 unspecified atom stereocenters.